The van der Waals surface area contributed by atoms with Crippen LogP contribution in [0.5, 0.6) is 0 Å². The Bertz CT molecular complexity index is 1490. The molecule has 1 heterocycles. The summed E-state index contributed by atoms with van der Waals surface area (Å²) in [6, 6.07) is 12.5. The standard InChI is InChI=1S/C31H39N5O6S/c1-5-7-11-22(6-2)21-36-15-14-32-27(31(36)40)19-28(37)34-30(39)25-16-24(17-26(18-25)35(3)43(4,41)42)29(38)33-20-23-12-9-8-10-13-23/h5-13,16-18,27-28,32,37H,1,14-15,19-21H2,2-4H3,(H,33,38)(H,34,39)/b11-7-,22-6+. The van der Waals surface area contributed by atoms with Crippen molar-refractivity contribution in [1.82, 2.24) is 20.9 Å². The summed E-state index contributed by atoms with van der Waals surface area (Å²) in [6.07, 6.45) is 6.73. The number of amides is 3. The molecule has 2 aromatic carbocycles. The third-order valence-corrected chi connectivity index (χ3v) is 8.13. The largest absolute Gasteiger partial charge is 0.374 e. The number of allylic oxidation sites excluding steroid dienone is 3. The van der Waals surface area contributed by atoms with Gasteiger partial charge in [-0.15, -0.1) is 0 Å². The monoisotopic (exact) mass is 609 g/mol. The number of benzene rings is 2. The molecule has 4 N–H and O–H groups in total. The van der Waals surface area contributed by atoms with E-state index in [0.717, 1.165) is 21.7 Å². The van der Waals surface area contributed by atoms with Gasteiger partial charge in [-0.05, 0) is 36.3 Å². The highest BCUT2D eigenvalue weighted by atomic mass is 32.2. The van der Waals surface area contributed by atoms with Crippen molar-refractivity contribution in [1.29, 1.82) is 0 Å². The number of piperazine rings is 1. The Hall–Kier alpha value is -4.26. The molecule has 12 heteroatoms. The van der Waals surface area contributed by atoms with Gasteiger partial charge in [0, 0.05) is 50.8 Å². The molecule has 1 saturated heterocycles. The molecule has 0 spiro atoms. The van der Waals surface area contributed by atoms with Gasteiger partial charge in [-0.25, -0.2) is 8.42 Å². The van der Waals surface area contributed by atoms with Crippen molar-refractivity contribution in [2.45, 2.75) is 32.2 Å². The average Bonchev–Trinajstić information content (AvgIpc) is 2.99. The highest BCUT2D eigenvalue weighted by Crippen LogP contribution is 2.21. The molecule has 2 aromatic rings. The Morgan fingerprint density at radius 2 is 1.86 bits per heavy atom. The first kappa shape index (κ1) is 33.2. The summed E-state index contributed by atoms with van der Waals surface area (Å²) < 4.78 is 25.4. The maximum absolute atomic E-state index is 13.2. The van der Waals surface area contributed by atoms with Gasteiger partial charge in [0.2, 0.25) is 15.9 Å². The van der Waals surface area contributed by atoms with Gasteiger partial charge in [0.05, 0.1) is 18.0 Å². The van der Waals surface area contributed by atoms with E-state index in [2.05, 4.69) is 22.5 Å². The molecule has 2 atom stereocenters. The molecule has 2 unspecified atom stereocenters. The minimum absolute atomic E-state index is 0.0341. The first-order valence-corrected chi connectivity index (χ1v) is 15.6. The van der Waals surface area contributed by atoms with E-state index in [-0.39, 0.29) is 35.7 Å². The second-order valence-electron chi connectivity index (χ2n) is 10.1. The summed E-state index contributed by atoms with van der Waals surface area (Å²) >= 11 is 0. The maximum atomic E-state index is 13.2. The zero-order chi connectivity index (χ0) is 31.6. The van der Waals surface area contributed by atoms with Crippen LogP contribution in [0.15, 0.2) is 85.0 Å². The van der Waals surface area contributed by atoms with Crippen molar-refractivity contribution in [2.24, 2.45) is 0 Å². The number of hydrogen-bond donors (Lipinski definition) is 4. The molecular weight excluding hydrogens is 570 g/mol. The number of aliphatic hydroxyl groups excluding tert-OH is 1. The number of aliphatic hydroxyl groups is 1. The number of hydrogen-bond acceptors (Lipinski definition) is 7. The Morgan fingerprint density at radius 3 is 2.49 bits per heavy atom. The quantitative estimate of drug-likeness (QED) is 0.200. The molecule has 1 fully saturated rings. The van der Waals surface area contributed by atoms with Gasteiger partial charge in [-0.1, -0.05) is 61.2 Å². The Kier molecular flexibility index (Phi) is 11.8. The van der Waals surface area contributed by atoms with E-state index in [9.17, 15) is 27.9 Å². The lowest BCUT2D eigenvalue weighted by molar-refractivity contribution is -0.136. The first-order chi connectivity index (χ1) is 20.4. The lowest BCUT2D eigenvalue weighted by Crippen LogP contribution is -2.57. The Labute approximate surface area is 253 Å². The Morgan fingerprint density at radius 1 is 1.19 bits per heavy atom. The number of nitrogens with zero attached hydrogens (tertiary/aromatic N) is 2. The zero-order valence-electron chi connectivity index (χ0n) is 24.6. The molecule has 11 nitrogen and oxygen atoms in total. The average molecular weight is 610 g/mol. The van der Waals surface area contributed by atoms with Crippen molar-refractivity contribution in [3.63, 3.8) is 0 Å². The SMILES string of the molecule is C=C/C=C\C(=C/C)CN1CCNC(CC(O)NC(=O)c2cc(C(=O)NCc3ccccc3)cc(N(C)S(C)(=O)=O)c2)C1=O. The second-order valence-corrected chi connectivity index (χ2v) is 12.1. The minimum atomic E-state index is -3.71. The molecular formula is C31H39N5O6S. The van der Waals surface area contributed by atoms with E-state index in [1.165, 1.54) is 25.2 Å². The molecule has 3 amide bonds. The predicted molar refractivity (Wildman–Crippen MR) is 167 cm³/mol. The van der Waals surface area contributed by atoms with Crippen LogP contribution in [-0.4, -0.2) is 81.4 Å². The van der Waals surface area contributed by atoms with Crippen molar-refractivity contribution in [3.8, 4) is 0 Å². The van der Waals surface area contributed by atoms with Gasteiger partial charge in [-0.3, -0.25) is 18.7 Å². The summed E-state index contributed by atoms with van der Waals surface area (Å²) in [6.45, 7) is 7.18. The van der Waals surface area contributed by atoms with Crippen molar-refractivity contribution in [2.75, 3.05) is 37.2 Å². The maximum Gasteiger partial charge on any atom is 0.253 e. The minimum Gasteiger partial charge on any atom is -0.374 e. The van der Waals surface area contributed by atoms with E-state index in [0.29, 0.717) is 19.6 Å². The molecule has 1 aliphatic rings. The van der Waals surface area contributed by atoms with Gasteiger partial charge in [0.15, 0.2) is 0 Å². The van der Waals surface area contributed by atoms with Crippen LogP contribution < -0.4 is 20.3 Å². The number of nitrogens with one attached hydrogen (secondary N) is 3. The normalized spacial score (nSPS) is 16.6. The lowest BCUT2D eigenvalue weighted by atomic mass is 10.1. The van der Waals surface area contributed by atoms with Crippen LogP contribution in [-0.2, 0) is 21.4 Å². The summed E-state index contributed by atoms with van der Waals surface area (Å²) in [5.41, 5.74) is 1.92. The van der Waals surface area contributed by atoms with E-state index in [1.54, 1.807) is 17.1 Å². The van der Waals surface area contributed by atoms with Crippen molar-refractivity contribution < 1.29 is 27.9 Å². The Balaban J connectivity index is 1.74. The van der Waals surface area contributed by atoms with Gasteiger partial charge >= 0.3 is 0 Å². The van der Waals surface area contributed by atoms with Crippen LogP contribution in [0.4, 0.5) is 5.69 Å². The van der Waals surface area contributed by atoms with Crippen molar-refractivity contribution in [3.05, 3.63) is 102 Å². The van der Waals surface area contributed by atoms with Gasteiger partial charge in [0.25, 0.3) is 11.8 Å². The molecule has 0 saturated carbocycles. The number of carbonyl (C=O) groups is 3. The number of rotatable bonds is 13. The summed E-state index contributed by atoms with van der Waals surface area (Å²) in [4.78, 5) is 41.0. The molecule has 0 radical (unpaired) electrons. The van der Waals surface area contributed by atoms with Crippen LogP contribution in [0.2, 0.25) is 0 Å². The highest BCUT2D eigenvalue weighted by molar-refractivity contribution is 7.92. The second kappa shape index (κ2) is 15.3. The summed E-state index contributed by atoms with van der Waals surface area (Å²) in [7, 11) is -2.40. The number of sulfonamides is 1. The molecule has 3 rings (SSSR count). The van der Waals surface area contributed by atoms with Crippen LogP contribution >= 0.6 is 0 Å². The summed E-state index contributed by atoms with van der Waals surface area (Å²) in [5.74, 6) is -1.46. The topological polar surface area (TPSA) is 148 Å². The van der Waals surface area contributed by atoms with Gasteiger partial charge < -0.3 is 26.0 Å². The molecule has 230 valence electrons. The molecule has 0 aromatic heterocycles. The molecule has 0 aliphatic carbocycles. The smallest absolute Gasteiger partial charge is 0.253 e. The van der Waals surface area contributed by atoms with Gasteiger partial charge in [-0.2, -0.15) is 0 Å². The lowest BCUT2D eigenvalue weighted by Gasteiger charge is -2.34. The van der Waals surface area contributed by atoms with Crippen molar-refractivity contribution >= 4 is 33.4 Å². The fraction of sp³-hybridized carbons (Fsp3) is 0.323. The van der Waals surface area contributed by atoms with Crippen LogP contribution in [0.25, 0.3) is 0 Å². The van der Waals surface area contributed by atoms with E-state index >= 15 is 0 Å². The predicted octanol–water partition coefficient (Wildman–Crippen LogP) is 1.94. The number of carbonyl (C=O) groups excluding carboxylic acids is 3. The zero-order valence-corrected chi connectivity index (χ0v) is 25.4. The van der Waals surface area contributed by atoms with Crippen LogP contribution in [0.1, 0.15) is 39.6 Å². The molecule has 43 heavy (non-hydrogen) atoms. The first-order valence-electron chi connectivity index (χ1n) is 13.8. The third kappa shape index (κ3) is 9.63. The summed E-state index contributed by atoms with van der Waals surface area (Å²) in [5, 5.41) is 19.0. The fourth-order valence-electron chi connectivity index (χ4n) is 4.43. The molecule has 0 bridgehead atoms. The van der Waals surface area contributed by atoms with Crippen LogP contribution in [0, 0.1) is 0 Å². The highest BCUT2D eigenvalue weighted by Gasteiger charge is 2.31. The van der Waals surface area contributed by atoms with E-state index in [4.69, 9.17) is 0 Å². The fourth-order valence-corrected chi connectivity index (χ4v) is 4.92. The third-order valence-electron chi connectivity index (χ3n) is 6.93. The van der Waals surface area contributed by atoms with Crippen LogP contribution in [0.3, 0.4) is 0 Å². The van der Waals surface area contributed by atoms with Gasteiger partial charge in [0.1, 0.15) is 6.23 Å². The van der Waals surface area contributed by atoms with E-state index in [1.807, 2.05) is 49.4 Å². The van der Waals surface area contributed by atoms with E-state index < -0.39 is 34.1 Å². The number of anilines is 1. The molecule has 1 aliphatic heterocycles.